The summed E-state index contributed by atoms with van der Waals surface area (Å²) in [5.41, 5.74) is 4.09. The van der Waals surface area contributed by atoms with Gasteiger partial charge in [-0.25, -0.2) is 0 Å². The van der Waals surface area contributed by atoms with E-state index in [1.54, 1.807) is 14.2 Å². The molecule has 0 bridgehead atoms. The first kappa shape index (κ1) is 22.3. The van der Waals surface area contributed by atoms with Crippen molar-refractivity contribution in [1.82, 2.24) is 15.2 Å². The van der Waals surface area contributed by atoms with Gasteiger partial charge in [0.2, 0.25) is 17.3 Å². The van der Waals surface area contributed by atoms with Crippen LogP contribution in [0.1, 0.15) is 17.4 Å². The number of aromatic nitrogens is 3. The summed E-state index contributed by atoms with van der Waals surface area (Å²) in [5.74, 6) is 2.33. The highest BCUT2D eigenvalue weighted by atomic mass is 35.5. The first-order chi connectivity index (χ1) is 16.7. The first-order valence-electron chi connectivity index (χ1n) is 10.5. The molecule has 1 aliphatic heterocycles. The average molecular weight is 493 g/mol. The Morgan fingerprint density at radius 3 is 2.65 bits per heavy atom. The Morgan fingerprint density at radius 1 is 1.00 bits per heavy atom. The van der Waals surface area contributed by atoms with E-state index in [1.807, 2.05) is 66.7 Å². The highest BCUT2D eigenvalue weighted by Gasteiger charge is 2.28. The van der Waals surface area contributed by atoms with Crippen LogP contribution in [0.5, 0.6) is 17.4 Å². The van der Waals surface area contributed by atoms with Crippen molar-refractivity contribution in [2.24, 2.45) is 0 Å². The van der Waals surface area contributed by atoms with Crippen LogP contribution in [0.15, 0.2) is 71.9 Å². The number of benzene rings is 3. The SMILES string of the molecule is COc1ccc(C2Nc3ccccc3-c3nnc(SCc4ccccc4Cl)nc3O2)c(OC)c1. The average Bonchev–Trinajstić information content (AvgIpc) is 3.04. The van der Waals surface area contributed by atoms with Crippen molar-refractivity contribution in [3.05, 3.63) is 82.9 Å². The zero-order valence-corrected chi connectivity index (χ0v) is 20.1. The third kappa shape index (κ3) is 4.47. The molecule has 0 saturated heterocycles. The van der Waals surface area contributed by atoms with Crippen molar-refractivity contribution >= 4 is 29.1 Å². The van der Waals surface area contributed by atoms with Crippen molar-refractivity contribution in [2.45, 2.75) is 17.1 Å². The minimum atomic E-state index is -0.568. The van der Waals surface area contributed by atoms with E-state index in [1.165, 1.54) is 11.8 Å². The Kier molecular flexibility index (Phi) is 6.42. The number of hydrogen-bond donors (Lipinski definition) is 1. The molecule has 1 N–H and O–H groups in total. The molecule has 34 heavy (non-hydrogen) atoms. The van der Waals surface area contributed by atoms with Gasteiger partial charge in [-0.3, -0.25) is 0 Å². The Hall–Kier alpha value is -3.49. The lowest BCUT2D eigenvalue weighted by Gasteiger charge is -2.21. The number of para-hydroxylation sites is 1. The van der Waals surface area contributed by atoms with Crippen molar-refractivity contribution < 1.29 is 14.2 Å². The summed E-state index contributed by atoms with van der Waals surface area (Å²) in [6.45, 7) is 0. The number of rotatable bonds is 6. The Labute approximate surface area is 206 Å². The third-order valence-corrected chi connectivity index (χ3v) is 6.63. The van der Waals surface area contributed by atoms with Crippen molar-refractivity contribution in [1.29, 1.82) is 0 Å². The van der Waals surface area contributed by atoms with Gasteiger partial charge in [0.1, 0.15) is 11.5 Å². The van der Waals surface area contributed by atoms with Crippen LogP contribution in [0.4, 0.5) is 5.69 Å². The molecule has 3 aromatic carbocycles. The summed E-state index contributed by atoms with van der Waals surface area (Å²) >= 11 is 7.74. The number of halogens is 1. The molecule has 0 spiro atoms. The van der Waals surface area contributed by atoms with Gasteiger partial charge in [-0.2, -0.15) is 4.98 Å². The third-order valence-electron chi connectivity index (χ3n) is 5.37. The van der Waals surface area contributed by atoms with Crippen LogP contribution in [0.25, 0.3) is 11.3 Å². The topological polar surface area (TPSA) is 78.4 Å². The van der Waals surface area contributed by atoms with Gasteiger partial charge >= 0.3 is 0 Å². The quantitative estimate of drug-likeness (QED) is 0.328. The van der Waals surface area contributed by atoms with Crippen LogP contribution in [0, 0.1) is 0 Å². The van der Waals surface area contributed by atoms with Crippen LogP contribution in [-0.2, 0) is 5.75 Å². The maximum absolute atomic E-state index is 6.37. The minimum absolute atomic E-state index is 0.386. The van der Waals surface area contributed by atoms with Gasteiger partial charge < -0.3 is 19.5 Å². The van der Waals surface area contributed by atoms with Crippen LogP contribution in [0.2, 0.25) is 5.02 Å². The molecule has 0 aliphatic carbocycles. The second-order valence-electron chi connectivity index (χ2n) is 7.42. The van der Waals surface area contributed by atoms with Gasteiger partial charge in [0.15, 0.2) is 5.69 Å². The van der Waals surface area contributed by atoms with Crippen LogP contribution in [0.3, 0.4) is 0 Å². The lowest BCUT2D eigenvalue weighted by Crippen LogP contribution is -2.18. The second-order valence-corrected chi connectivity index (χ2v) is 8.77. The van der Waals surface area contributed by atoms with Crippen molar-refractivity contribution in [3.63, 3.8) is 0 Å². The summed E-state index contributed by atoms with van der Waals surface area (Å²) in [4.78, 5) is 4.70. The first-order valence-corrected chi connectivity index (χ1v) is 11.9. The molecule has 1 unspecified atom stereocenters. The lowest BCUT2D eigenvalue weighted by atomic mass is 10.1. The predicted molar refractivity (Wildman–Crippen MR) is 133 cm³/mol. The summed E-state index contributed by atoms with van der Waals surface area (Å²) in [5, 5.41) is 13.5. The molecule has 2 heterocycles. The number of ether oxygens (including phenoxy) is 3. The Balaban J connectivity index is 1.51. The predicted octanol–water partition coefficient (Wildman–Crippen LogP) is 6.00. The van der Waals surface area contributed by atoms with E-state index in [-0.39, 0.29) is 0 Å². The number of fused-ring (bicyclic) bond motifs is 3. The maximum atomic E-state index is 6.37. The van der Waals surface area contributed by atoms with Gasteiger partial charge in [0, 0.05) is 28.1 Å². The van der Waals surface area contributed by atoms with Crippen LogP contribution >= 0.6 is 23.4 Å². The maximum Gasteiger partial charge on any atom is 0.247 e. The monoisotopic (exact) mass is 492 g/mol. The zero-order chi connectivity index (χ0) is 23.5. The fraction of sp³-hybridized carbons (Fsp3) is 0.160. The minimum Gasteiger partial charge on any atom is -0.497 e. The number of nitrogens with one attached hydrogen (secondary N) is 1. The number of methoxy groups -OCH3 is 2. The smallest absolute Gasteiger partial charge is 0.247 e. The standard InChI is InChI=1S/C25H21ClN4O3S/c1-31-16-11-12-18(21(13-16)32-2)23-27-20-10-6-4-8-17(20)22-24(33-23)28-25(30-29-22)34-14-15-7-3-5-9-19(15)26/h3-13,23,27H,14H2,1-2H3. The molecule has 0 radical (unpaired) electrons. The number of thioether (sulfide) groups is 1. The van der Waals surface area contributed by atoms with Crippen LogP contribution in [-0.4, -0.2) is 29.4 Å². The van der Waals surface area contributed by atoms with Crippen molar-refractivity contribution in [3.8, 4) is 28.6 Å². The lowest BCUT2D eigenvalue weighted by molar-refractivity contribution is 0.219. The van der Waals surface area contributed by atoms with Gasteiger partial charge in [0.25, 0.3) is 0 Å². The molecule has 4 aromatic rings. The largest absolute Gasteiger partial charge is 0.497 e. The van der Waals surface area contributed by atoms with Crippen LogP contribution < -0.4 is 19.5 Å². The van der Waals surface area contributed by atoms with Gasteiger partial charge in [-0.05, 0) is 29.8 Å². The van der Waals surface area contributed by atoms with E-state index in [0.29, 0.717) is 39.0 Å². The molecule has 1 aliphatic rings. The summed E-state index contributed by atoms with van der Waals surface area (Å²) in [6, 6.07) is 21.1. The molecular weight excluding hydrogens is 472 g/mol. The Morgan fingerprint density at radius 2 is 1.82 bits per heavy atom. The molecule has 9 heteroatoms. The van der Waals surface area contributed by atoms with E-state index in [4.69, 9.17) is 30.8 Å². The highest BCUT2D eigenvalue weighted by Crippen LogP contribution is 2.41. The van der Waals surface area contributed by atoms with E-state index in [2.05, 4.69) is 15.5 Å². The van der Waals surface area contributed by atoms with E-state index < -0.39 is 6.23 Å². The van der Waals surface area contributed by atoms with E-state index >= 15 is 0 Å². The van der Waals surface area contributed by atoms with E-state index in [0.717, 1.165) is 22.4 Å². The molecule has 7 nitrogen and oxygen atoms in total. The zero-order valence-electron chi connectivity index (χ0n) is 18.5. The molecule has 0 saturated carbocycles. The van der Waals surface area contributed by atoms with Gasteiger partial charge in [-0.1, -0.05) is 59.8 Å². The molecular formula is C25H21ClN4O3S. The molecule has 0 amide bonds. The summed E-state index contributed by atoms with van der Waals surface area (Å²) in [6.07, 6.45) is -0.568. The molecule has 172 valence electrons. The summed E-state index contributed by atoms with van der Waals surface area (Å²) in [7, 11) is 3.23. The Bertz CT molecular complexity index is 1340. The number of anilines is 1. The molecule has 1 aromatic heterocycles. The highest BCUT2D eigenvalue weighted by molar-refractivity contribution is 7.98. The molecule has 5 rings (SSSR count). The number of hydrogen-bond acceptors (Lipinski definition) is 8. The van der Waals surface area contributed by atoms with Crippen molar-refractivity contribution in [2.75, 3.05) is 19.5 Å². The fourth-order valence-corrected chi connectivity index (χ4v) is 4.71. The second kappa shape index (κ2) is 9.79. The number of nitrogens with zero attached hydrogens (tertiary/aromatic N) is 3. The molecule has 0 fully saturated rings. The normalized spacial score (nSPS) is 14.1. The fourth-order valence-electron chi connectivity index (χ4n) is 3.64. The molecule has 1 atom stereocenters. The van der Waals surface area contributed by atoms with E-state index in [9.17, 15) is 0 Å². The van der Waals surface area contributed by atoms with Gasteiger partial charge in [-0.15, -0.1) is 10.2 Å². The van der Waals surface area contributed by atoms with Gasteiger partial charge in [0.05, 0.1) is 19.8 Å². The summed E-state index contributed by atoms with van der Waals surface area (Å²) < 4.78 is 17.3.